The number of hydrogen-bond donors (Lipinski definition) is 2. The molecule has 5 heteroatoms. The van der Waals surface area contributed by atoms with Crippen LogP contribution in [0.5, 0.6) is 0 Å². The minimum absolute atomic E-state index is 0.0776. The van der Waals surface area contributed by atoms with Crippen molar-refractivity contribution in [3.8, 4) is 0 Å². The maximum absolute atomic E-state index is 11.7. The molecule has 5 nitrogen and oxygen atoms in total. The van der Waals surface area contributed by atoms with Crippen LogP contribution in [-0.2, 0) is 11.2 Å². The van der Waals surface area contributed by atoms with E-state index in [-0.39, 0.29) is 17.9 Å². The van der Waals surface area contributed by atoms with E-state index >= 15 is 0 Å². The lowest BCUT2D eigenvalue weighted by Crippen LogP contribution is -2.15. The standard InChI is InChI=1S/C14H13NO4/c16-13(8-7-10-4-3-9-19-10)15-12-6-2-1-5-11(12)14(17)18/h1-6,9H,7-8H2,(H,15,16)(H,17,18). The molecule has 0 saturated heterocycles. The number of amides is 1. The summed E-state index contributed by atoms with van der Waals surface area (Å²) in [6.45, 7) is 0. The molecule has 0 saturated carbocycles. The zero-order chi connectivity index (χ0) is 13.7. The van der Waals surface area contributed by atoms with Crippen LogP contribution < -0.4 is 5.32 Å². The number of para-hydroxylation sites is 1. The molecule has 19 heavy (non-hydrogen) atoms. The van der Waals surface area contributed by atoms with Gasteiger partial charge in [0.2, 0.25) is 5.91 Å². The SMILES string of the molecule is O=C(CCc1ccco1)Nc1ccccc1C(=O)O. The van der Waals surface area contributed by atoms with Crippen LogP contribution in [0.4, 0.5) is 5.69 Å². The number of nitrogens with one attached hydrogen (secondary N) is 1. The Kier molecular flexibility index (Phi) is 3.97. The Morgan fingerprint density at radius 2 is 1.95 bits per heavy atom. The number of hydrogen-bond acceptors (Lipinski definition) is 3. The summed E-state index contributed by atoms with van der Waals surface area (Å²) < 4.78 is 5.12. The molecule has 0 spiro atoms. The molecule has 0 unspecified atom stereocenters. The summed E-state index contributed by atoms with van der Waals surface area (Å²) in [5, 5.41) is 11.6. The molecule has 2 N–H and O–H groups in total. The van der Waals surface area contributed by atoms with Gasteiger partial charge in [0.05, 0.1) is 17.5 Å². The zero-order valence-electron chi connectivity index (χ0n) is 10.1. The van der Waals surface area contributed by atoms with Crippen LogP contribution in [0.25, 0.3) is 0 Å². The summed E-state index contributed by atoms with van der Waals surface area (Å²) in [6, 6.07) is 9.85. The van der Waals surface area contributed by atoms with Crippen LogP contribution in [-0.4, -0.2) is 17.0 Å². The predicted octanol–water partition coefficient (Wildman–Crippen LogP) is 2.55. The molecule has 0 aliphatic heterocycles. The van der Waals surface area contributed by atoms with E-state index in [0.29, 0.717) is 12.1 Å². The molecule has 1 aromatic heterocycles. The van der Waals surface area contributed by atoms with E-state index in [1.165, 1.54) is 6.07 Å². The number of anilines is 1. The van der Waals surface area contributed by atoms with Gasteiger partial charge in [0.25, 0.3) is 0 Å². The maximum atomic E-state index is 11.7. The third kappa shape index (κ3) is 3.45. The number of furan rings is 1. The molecule has 1 heterocycles. The van der Waals surface area contributed by atoms with Crippen molar-refractivity contribution in [3.05, 3.63) is 54.0 Å². The highest BCUT2D eigenvalue weighted by molar-refractivity contribution is 6.00. The van der Waals surface area contributed by atoms with E-state index in [2.05, 4.69) is 5.32 Å². The minimum atomic E-state index is -1.07. The highest BCUT2D eigenvalue weighted by Crippen LogP contribution is 2.15. The summed E-state index contributed by atoms with van der Waals surface area (Å²) in [4.78, 5) is 22.7. The third-order valence-corrected chi connectivity index (χ3v) is 2.61. The Morgan fingerprint density at radius 3 is 2.63 bits per heavy atom. The maximum Gasteiger partial charge on any atom is 0.337 e. The van der Waals surface area contributed by atoms with Gasteiger partial charge in [0, 0.05) is 12.8 Å². The van der Waals surface area contributed by atoms with E-state index in [4.69, 9.17) is 9.52 Å². The number of carbonyl (C=O) groups excluding carboxylic acids is 1. The number of rotatable bonds is 5. The fourth-order valence-electron chi connectivity index (χ4n) is 1.68. The van der Waals surface area contributed by atoms with Crippen molar-refractivity contribution in [2.24, 2.45) is 0 Å². The monoisotopic (exact) mass is 259 g/mol. The molecule has 0 aliphatic rings. The van der Waals surface area contributed by atoms with Crippen molar-refractivity contribution in [1.82, 2.24) is 0 Å². The van der Waals surface area contributed by atoms with Crippen molar-refractivity contribution in [1.29, 1.82) is 0 Å². The first-order chi connectivity index (χ1) is 9.16. The smallest absolute Gasteiger partial charge is 0.337 e. The number of aryl methyl sites for hydroxylation is 1. The number of benzene rings is 1. The van der Waals surface area contributed by atoms with Gasteiger partial charge >= 0.3 is 5.97 Å². The first kappa shape index (κ1) is 12.9. The molecular weight excluding hydrogens is 246 g/mol. The molecule has 1 aromatic carbocycles. The van der Waals surface area contributed by atoms with E-state index < -0.39 is 5.97 Å². The fourth-order valence-corrected chi connectivity index (χ4v) is 1.68. The fraction of sp³-hybridized carbons (Fsp3) is 0.143. The van der Waals surface area contributed by atoms with Crippen molar-refractivity contribution >= 4 is 17.6 Å². The summed E-state index contributed by atoms with van der Waals surface area (Å²) >= 11 is 0. The molecule has 0 atom stereocenters. The van der Waals surface area contributed by atoms with Gasteiger partial charge in [-0.1, -0.05) is 12.1 Å². The lowest BCUT2D eigenvalue weighted by atomic mass is 10.1. The lowest BCUT2D eigenvalue weighted by Gasteiger charge is -2.07. The topological polar surface area (TPSA) is 79.5 Å². The first-order valence-electron chi connectivity index (χ1n) is 5.81. The molecule has 2 rings (SSSR count). The summed E-state index contributed by atoms with van der Waals surface area (Å²) in [5.41, 5.74) is 0.383. The molecule has 0 bridgehead atoms. The van der Waals surface area contributed by atoms with Gasteiger partial charge < -0.3 is 14.8 Å². The van der Waals surface area contributed by atoms with Crippen molar-refractivity contribution in [2.75, 3.05) is 5.32 Å². The van der Waals surface area contributed by atoms with Gasteiger partial charge in [-0.15, -0.1) is 0 Å². The molecule has 2 aromatic rings. The first-order valence-corrected chi connectivity index (χ1v) is 5.81. The van der Waals surface area contributed by atoms with Gasteiger partial charge in [-0.05, 0) is 24.3 Å². The molecule has 0 fully saturated rings. The van der Waals surface area contributed by atoms with Gasteiger partial charge in [0.1, 0.15) is 5.76 Å². The van der Waals surface area contributed by atoms with Gasteiger partial charge in [-0.2, -0.15) is 0 Å². The second-order valence-electron chi connectivity index (χ2n) is 3.98. The van der Waals surface area contributed by atoms with Crippen molar-refractivity contribution < 1.29 is 19.1 Å². The Labute approximate surface area is 109 Å². The highest BCUT2D eigenvalue weighted by atomic mass is 16.4. The van der Waals surface area contributed by atoms with Crippen molar-refractivity contribution in [3.63, 3.8) is 0 Å². The van der Waals surface area contributed by atoms with Gasteiger partial charge in [0.15, 0.2) is 0 Å². The summed E-state index contributed by atoms with van der Waals surface area (Å²) in [7, 11) is 0. The molecular formula is C14H13NO4. The second kappa shape index (κ2) is 5.86. The third-order valence-electron chi connectivity index (χ3n) is 2.61. The Hall–Kier alpha value is -2.56. The normalized spacial score (nSPS) is 10.1. The number of carboxylic acid groups (broad SMARTS) is 1. The number of carboxylic acids is 1. The van der Waals surface area contributed by atoms with Crippen LogP contribution in [0.2, 0.25) is 0 Å². The number of carbonyl (C=O) groups is 2. The summed E-state index contributed by atoms with van der Waals surface area (Å²) in [5.74, 6) is -0.589. The largest absolute Gasteiger partial charge is 0.478 e. The second-order valence-corrected chi connectivity index (χ2v) is 3.98. The van der Waals surface area contributed by atoms with Gasteiger partial charge in [-0.25, -0.2) is 4.79 Å². The Morgan fingerprint density at radius 1 is 1.16 bits per heavy atom. The average molecular weight is 259 g/mol. The van der Waals surface area contributed by atoms with Crippen LogP contribution in [0.15, 0.2) is 47.1 Å². The van der Waals surface area contributed by atoms with Crippen LogP contribution >= 0.6 is 0 Å². The van der Waals surface area contributed by atoms with E-state index in [1.807, 2.05) is 0 Å². The Bertz CT molecular complexity index is 575. The van der Waals surface area contributed by atoms with Gasteiger partial charge in [-0.3, -0.25) is 4.79 Å². The number of aromatic carboxylic acids is 1. The van der Waals surface area contributed by atoms with E-state index in [0.717, 1.165) is 5.76 Å². The zero-order valence-corrected chi connectivity index (χ0v) is 10.1. The van der Waals surface area contributed by atoms with Crippen LogP contribution in [0.1, 0.15) is 22.5 Å². The molecule has 0 radical (unpaired) electrons. The van der Waals surface area contributed by atoms with E-state index in [1.54, 1.807) is 36.6 Å². The van der Waals surface area contributed by atoms with Crippen molar-refractivity contribution in [2.45, 2.75) is 12.8 Å². The summed E-state index contributed by atoms with van der Waals surface area (Å²) in [6.07, 6.45) is 2.27. The Balaban J connectivity index is 1.97. The quantitative estimate of drug-likeness (QED) is 0.864. The lowest BCUT2D eigenvalue weighted by molar-refractivity contribution is -0.116. The average Bonchev–Trinajstić information content (AvgIpc) is 2.90. The highest BCUT2D eigenvalue weighted by Gasteiger charge is 2.11. The molecule has 1 amide bonds. The predicted molar refractivity (Wildman–Crippen MR) is 69.1 cm³/mol. The van der Waals surface area contributed by atoms with Crippen LogP contribution in [0, 0.1) is 0 Å². The van der Waals surface area contributed by atoms with Crippen LogP contribution in [0.3, 0.4) is 0 Å². The molecule has 0 aliphatic carbocycles. The molecule has 98 valence electrons. The van der Waals surface area contributed by atoms with E-state index in [9.17, 15) is 9.59 Å². The minimum Gasteiger partial charge on any atom is -0.478 e.